The van der Waals surface area contributed by atoms with E-state index >= 15 is 0 Å². The zero-order valence-corrected chi connectivity index (χ0v) is 28.6. The molecule has 9 aromatic carbocycles. The fourth-order valence-electron chi connectivity index (χ4n) is 8.93. The number of hydrogen-bond acceptors (Lipinski definition) is 1. The van der Waals surface area contributed by atoms with Crippen LogP contribution < -0.4 is 4.74 Å². The van der Waals surface area contributed by atoms with E-state index in [1.807, 2.05) is 6.07 Å². The van der Waals surface area contributed by atoms with Gasteiger partial charge in [0.05, 0.1) is 22.1 Å². The molecule has 0 N–H and O–H groups in total. The molecule has 0 amide bonds. The van der Waals surface area contributed by atoms with Gasteiger partial charge in [0.1, 0.15) is 11.5 Å². The van der Waals surface area contributed by atoms with Crippen LogP contribution in [0.3, 0.4) is 0 Å². The van der Waals surface area contributed by atoms with E-state index < -0.39 is 0 Å². The Hall–Kier alpha value is -7.10. The lowest BCUT2D eigenvalue weighted by atomic mass is 9.91. The number of benzene rings is 9. The van der Waals surface area contributed by atoms with Crippen LogP contribution in [-0.4, -0.2) is 9.13 Å². The lowest BCUT2D eigenvalue weighted by Gasteiger charge is -2.22. The second-order valence-electron chi connectivity index (χ2n) is 14.1. The molecule has 1 aliphatic heterocycles. The molecule has 246 valence electrons. The average Bonchev–Trinajstić information content (AvgIpc) is 3.72. The van der Waals surface area contributed by atoms with Crippen molar-refractivity contribution < 1.29 is 4.74 Å². The molecular formula is C50H30N2O. The Balaban J connectivity index is 1.15. The van der Waals surface area contributed by atoms with Gasteiger partial charge in [-0.1, -0.05) is 103 Å². The highest BCUT2D eigenvalue weighted by Gasteiger charge is 2.25. The van der Waals surface area contributed by atoms with Crippen molar-refractivity contribution >= 4 is 65.2 Å². The highest BCUT2D eigenvalue weighted by Crippen LogP contribution is 2.51. The van der Waals surface area contributed by atoms with Gasteiger partial charge in [-0.3, -0.25) is 0 Å². The third kappa shape index (κ3) is 4.05. The molecule has 0 saturated heterocycles. The van der Waals surface area contributed by atoms with Crippen LogP contribution in [-0.2, 0) is 0 Å². The summed E-state index contributed by atoms with van der Waals surface area (Å²) in [5.74, 6) is 1.80. The quantitative estimate of drug-likeness (QED) is 0.183. The van der Waals surface area contributed by atoms with Crippen LogP contribution in [0.2, 0.25) is 0 Å². The zero-order valence-electron chi connectivity index (χ0n) is 28.6. The van der Waals surface area contributed by atoms with Gasteiger partial charge < -0.3 is 13.9 Å². The Kier molecular flexibility index (Phi) is 5.77. The number of rotatable bonds is 3. The van der Waals surface area contributed by atoms with Gasteiger partial charge in [-0.25, -0.2) is 0 Å². The van der Waals surface area contributed by atoms with E-state index in [1.165, 1.54) is 81.8 Å². The molecule has 0 unspecified atom stereocenters. The van der Waals surface area contributed by atoms with Crippen molar-refractivity contribution in [2.75, 3.05) is 0 Å². The molecule has 12 rings (SSSR count). The zero-order chi connectivity index (χ0) is 34.6. The Morgan fingerprint density at radius 1 is 0.321 bits per heavy atom. The summed E-state index contributed by atoms with van der Waals surface area (Å²) < 4.78 is 11.4. The highest BCUT2D eigenvalue weighted by atomic mass is 16.5. The molecule has 1 aliphatic rings. The minimum absolute atomic E-state index is 0.897. The van der Waals surface area contributed by atoms with E-state index in [-0.39, 0.29) is 0 Å². The largest absolute Gasteiger partial charge is 0.456 e. The summed E-state index contributed by atoms with van der Waals surface area (Å²) in [5, 5.41) is 9.83. The van der Waals surface area contributed by atoms with E-state index in [4.69, 9.17) is 4.74 Å². The number of hydrogen-bond donors (Lipinski definition) is 0. The van der Waals surface area contributed by atoms with Crippen molar-refractivity contribution in [3.05, 3.63) is 182 Å². The smallest absolute Gasteiger partial charge is 0.135 e. The maximum Gasteiger partial charge on any atom is 0.135 e. The first-order valence-electron chi connectivity index (χ1n) is 18.2. The number of ether oxygens (including phenoxy) is 1. The standard InChI is InChI=1S/C50H30N2O/c1-3-14-35(15-4-1)51-43-24-22-33(27-39(43)40-26-31-12-7-8-13-32(31)29-45(40)51)34-23-25-44-42(28-34)49-38-19-11-21-48-50(38)41(37-18-9-10-20-47(37)53-48)30-46(49)52(44)36-16-5-2-6-17-36/h1-30H. The van der Waals surface area contributed by atoms with E-state index in [9.17, 15) is 0 Å². The van der Waals surface area contributed by atoms with Crippen molar-refractivity contribution in [3.63, 3.8) is 0 Å². The number of aromatic nitrogens is 2. The molecule has 0 aliphatic carbocycles. The van der Waals surface area contributed by atoms with Crippen LogP contribution in [0.4, 0.5) is 0 Å². The SMILES string of the molecule is c1ccc(-n2c3ccc(-c4ccc5c(c4)c4c6cccc7c6c(cc4n5-c4ccccc4)-c4ccccc4O7)cc3c3cc4ccccc4cc32)cc1. The third-order valence-corrected chi connectivity index (χ3v) is 11.2. The van der Waals surface area contributed by atoms with Crippen molar-refractivity contribution in [1.82, 2.24) is 9.13 Å². The van der Waals surface area contributed by atoms with Crippen molar-refractivity contribution in [1.29, 1.82) is 0 Å². The Morgan fingerprint density at radius 3 is 1.66 bits per heavy atom. The van der Waals surface area contributed by atoms with Crippen LogP contribution in [0.5, 0.6) is 11.5 Å². The molecule has 2 aromatic heterocycles. The summed E-state index contributed by atoms with van der Waals surface area (Å²) in [6.07, 6.45) is 0. The highest BCUT2D eigenvalue weighted by molar-refractivity contribution is 6.26. The Labute approximate surface area is 305 Å². The van der Waals surface area contributed by atoms with Gasteiger partial charge in [0, 0.05) is 43.9 Å². The topological polar surface area (TPSA) is 19.1 Å². The first-order valence-corrected chi connectivity index (χ1v) is 18.2. The van der Waals surface area contributed by atoms with Gasteiger partial charge in [0.15, 0.2) is 0 Å². The molecule has 3 heteroatoms. The first-order chi connectivity index (χ1) is 26.3. The molecule has 0 saturated carbocycles. The molecule has 0 radical (unpaired) electrons. The molecule has 0 fully saturated rings. The van der Waals surface area contributed by atoms with Gasteiger partial charge in [-0.2, -0.15) is 0 Å². The normalized spacial score (nSPS) is 12.3. The summed E-state index contributed by atoms with van der Waals surface area (Å²) in [7, 11) is 0. The van der Waals surface area contributed by atoms with Crippen LogP contribution >= 0.6 is 0 Å². The minimum Gasteiger partial charge on any atom is -0.456 e. The minimum atomic E-state index is 0.897. The predicted octanol–water partition coefficient (Wildman–Crippen LogP) is 13.6. The van der Waals surface area contributed by atoms with Crippen molar-refractivity contribution in [2.45, 2.75) is 0 Å². The first kappa shape index (κ1) is 28.6. The molecule has 3 heterocycles. The fraction of sp³-hybridized carbons (Fsp3) is 0. The summed E-state index contributed by atoms with van der Waals surface area (Å²) >= 11 is 0. The van der Waals surface area contributed by atoms with Crippen molar-refractivity contribution in [2.24, 2.45) is 0 Å². The summed E-state index contributed by atoms with van der Waals surface area (Å²) in [4.78, 5) is 0. The van der Waals surface area contributed by atoms with Gasteiger partial charge in [-0.15, -0.1) is 0 Å². The van der Waals surface area contributed by atoms with Gasteiger partial charge in [-0.05, 0) is 112 Å². The van der Waals surface area contributed by atoms with E-state index in [0.717, 1.165) is 28.4 Å². The predicted molar refractivity (Wildman–Crippen MR) is 221 cm³/mol. The Bertz CT molecular complexity index is 3300. The third-order valence-electron chi connectivity index (χ3n) is 11.2. The summed E-state index contributed by atoms with van der Waals surface area (Å²) in [6, 6.07) is 66.0. The van der Waals surface area contributed by atoms with E-state index in [1.54, 1.807) is 0 Å². The average molecular weight is 675 g/mol. The number of para-hydroxylation sites is 3. The van der Waals surface area contributed by atoms with E-state index in [0.29, 0.717) is 0 Å². The fourth-order valence-corrected chi connectivity index (χ4v) is 8.93. The molecule has 3 nitrogen and oxygen atoms in total. The molecule has 53 heavy (non-hydrogen) atoms. The van der Waals surface area contributed by atoms with Gasteiger partial charge in [0.25, 0.3) is 0 Å². The monoisotopic (exact) mass is 674 g/mol. The summed E-state index contributed by atoms with van der Waals surface area (Å²) in [6.45, 7) is 0. The van der Waals surface area contributed by atoms with Gasteiger partial charge in [0.2, 0.25) is 0 Å². The lowest BCUT2D eigenvalue weighted by molar-refractivity contribution is 0.487. The Morgan fingerprint density at radius 2 is 0.906 bits per heavy atom. The number of fused-ring (bicyclic) bond motifs is 10. The van der Waals surface area contributed by atoms with Crippen molar-refractivity contribution in [3.8, 4) is 45.1 Å². The van der Waals surface area contributed by atoms with Crippen LogP contribution in [0, 0.1) is 0 Å². The lowest BCUT2D eigenvalue weighted by Crippen LogP contribution is -1.98. The number of nitrogens with zero attached hydrogens (tertiary/aromatic N) is 2. The van der Waals surface area contributed by atoms with Crippen LogP contribution in [0.25, 0.3) is 98.8 Å². The second-order valence-corrected chi connectivity index (χ2v) is 14.1. The molecule has 0 atom stereocenters. The molecule has 0 spiro atoms. The second kappa shape index (κ2) is 10.7. The summed E-state index contributed by atoms with van der Waals surface area (Å²) in [5.41, 5.74) is 11.8. The molecule has 0 bridgehead atoms. The molecular weight excluding hydrogens is 645 g/mol. The van der Waals surface area contributed by atoms with Crippen LogP contribution in [0.1, 0.15) is 0 Å². The molecule has 11 aromatic rings. The maximum atomic E-state index is 6.52. The van der Waals surface area contributed by atoms with E-state index in [2.05, 4.69) is 185 Å². The van der Waals surface area contributed by atoms with Crippen LogP contribution in [0.15, 0.2) is 182 Å². The maximum absolute atomic E-state index is 6.52. The van der Waals surface area contributed by atoms with Gasteiger partial charge >= 0.3 is 0 Å².